The zero-order valence-corrected chi connectivity index (χ0v) is 3.27. The van der Waals surface area contributed by atoms with Gasteiger partial charge in [-0.2, -0.15) is 0 Å². The van der Waals surface area contributed by atoms with Crippen LogP contribution in [-0.4, -0.2) is 4.70 Å². The van der Waals surface area contributed by atoms with Crippen LogP contribution in [-0.2, 0) is 0 Å². The molecule has 0 fully saturated rings. The van der Waals surface area contributed by atoms with Gasteiger partial charge in [0.25, 0.3) is 0 Å². The van der Waals surface area contributed by atoms with Crippen molar-refractivity contribution in [3.63, 3.8) is 0 Å². The maximum Gasteiger partial charge on any atom is 0.496 e. The van der Waals surface area contributed by atoms with Crippen molar-refractivity contribution >= 4 is 16.3 Å². The summed E-state index contributed by atoms with van der Waals surface area (Å²) in [7, 11) is 0. The first-order valence-corrected chi connectivity index (χ1v) is 1.38. The van der Waals surface area contributed by atoms with E-state index in [9.17, 15) is 0 Å². The first-order chi connectivity index (χ1) is 1.73. The fourth-order valence-corrected chi connectivity index (χ4v) is 0. The predicted octanol–water partition coefficient (Wildman–Crippen LogP) is 0.627. The first-order valence-electron chi connectivity index (χ1n) is 0.597. The summed E-state index contributed by atoms with van der Waals surface area (Å²) in [4.78, 5) is 9.02. The zero-order valence-electron chi connectivity index (χ0n) is 1.69. The third-order valence-corrected chi connectivity index (χ3v) is 0. The van der Waals surface area contributed by atoms with Crippen molar-refractivity contribution in [1.29, 1.82) is 0 Å². The maximum absolute atomic E-state index is 9.02. The molecule has 0 saturated heterocycles. The highest BCUT2D eigenvalue weighted by Crippen LogP contribution is 1.71. The molecule has 0 aliphatic heterocycles. The van der Waals surface area contributed by atoms with Gasteiger partial charge < -0.3 is 0 Å². The summed E-state index contributed by atoms with van der Waals surface area (Å²) < 4.78 is -0.778. The Morgan fingerprint density at radius 2 is 2.00 bits per heavy atom. The second-order valence-corrected chi connectivity index (χ2v) is 1.18. The van der Waals surface area contributed by atoms with E-state index in [0.717, 1.165) is 0 Å². The molecule has 24 valence electrons. The van der Waals surface area contributed by atoms with Gasteiger partial charge in [0.1, 0.15) is 0 Å². The van der Waals surface area contributed by atoms with Gasteiger partial charge in [0.15, 0.2) is 0 Å². The normalized spacial score (nSPS) is 6.50. The van der Waals surface area contributed by atoms with Gasteiger partial charge in [0.05, 0.1) is 0 Å². The molecular formula is CHCl2O+. The topological polar surface area (TPSA) is 17.1 Å². The quantitative estimate of drug-likeness (QED) is 0.408. The van der Waals surface area contributed by atoms with Gasteiger partial charge in [0, 0.05) is 11.6 Å². The minimum atomic E-state index is -0.778. The molecule has 0 amide bonds. The van der Waals surface area contributed by atoms with E-state index in [1.807, 2.05) is 0 Å². The summed E-state index contributed by atoms with van der Waals surface area (Å²) in [6.45, 7) is 0. The molecule has 0 rings (SSSR count). The van der Waals surface area contributed by atoms with Gasteiger partial charge in [-0.25, -0.2) is 4.79 Å². The molecule has 0 atom stereocenters. The molecule has 0 aromatic heterocycles. The Kier molecular flexibility index (Phi) is 1.66. The molecule has 0 N–H and O–H groups in total. The first kappa shape index (κ1) is 4.25. The average molecular weight is 99.9 g/mol. The summed E-state index contributed by atoms with van der Waals surface area (Å²) in [5.41, 5.74) is 0. The van der Waals surface area contributed by atoms with Crippen LogP contribution in [0.5, 0.6) is 0 Å². The van der Waals surface area contributed by atoms with E-state index in [2.05, 4.69) is 23.2 Å². The number of rotatable bonds is 0. The Morgan fingerprint density at radius 1 is 2.00 bits per heavy atom. The predicted molar refractivity (Wildman–Crippen MR) is 12.6 cm³/mol. The van der Waals surface area contributed by atoms with Crippen LogP contribution in [0.3, 0.4) is 0 Å². The molecule has 0 aromatic carbocycles. The average Bonchev–Trinajstić information content (AvgIpc) is 0.811. The summed E-state index contributed by atoms with van der Waals surface area (Å²) in [6.07, 6.45) is 0. The number of hydrogen-bond acceptors (Lipinski definition) is 1. The third-order valence-electron chi connectivity index (χ3n) is 0. The highest BCUT2D eigenvalue weighted by Gasteiger charge is 1.88. The van der Waals surface area contributed by atoms with Gasteiger partial charge >= 0.3 is 4.70 Å². The Bertz CT molecular complexity index is 29.0. The standard InChI is InChI=1S/CHCl2O/c2-1(3)4/h2H/q+1. The van der Waals surface area contributed by atoms with E-state index < -0.39 is 4.70 Å². The minimum Gasteiger partial charge on any atom is -0.207 e. The maximum atomic E-state index is 9.02. The van der Waals surface area contributed by atoms with E-state index in [1.54, 1.807) is 0 Å². The smallest absolute Gasteiger partial charge is 0.207 e. The lowest BCUT2D eigenvalue weighted by Gasteiger charge is -1.33. The molecular weight excluding hydrogens is 98.9 g/mol. The lowest BCUT2D eigenvalue weighted by Crippen LogP contribution is -1.59. The van der Waals surface area contributed by atoms with Crippen LogP contribution in [0.2, 0.25) is 0 Å². The summed E-state index contributed by atoms with van der Waals surface area (Å²) in [6, 6.07) is 0. The van der Waals surface area contributed by atoms with Crippen molar-refractivity contribution in [1.82, 2.24) is 0 Å². The van der Waals surface area contributed by atoms with Crippen LogP contribution >= 0.6 is 11.6 Å². The molecule has 0 spiro atoms. The van der Waals surface area contributed by atoms with Gasteiger partial charge in [0.2, 0.25) is 11.6 Å². The lowest BCUT2D eigenvalue weighted by molar-refractivity contribution is -0.233. The molecule has 3 heteroatoms. The number of carbonyl (C=O) groups excluding carboxylic acids is 1. The van der Waals surface area contributed by atoms with E-state index in [0.29, 0.717) is 0 Å². The Hall–Kier alpha value is 0.250. The van der Waals surface area contributed by atoms with Gasteiger partial charge in [-0.1, -0.05) is 0 Å². The van der Waals surface area contributed by atoms with Crippen LogP contribution in [0, 0.1) is 11.6 Å². The van der Waals surface area contributed by atoms with Crippen molar-refractivity contribution in [3.8, 4) is 0 Å². The van der Waals surface area contributed by atoms with Gasteiger partial charge in [-0.3, -0.25) is 0 Å². The summed E-state index contributed by atoms with van der Waals surface area (Å²) >= 11 is 8.20. The van der Waals surface area contributed by atoms with E-state index in [1.165, 1.54) is 0 Å². The molecule has 0 heterocycles. The Labute approximate surface area is 33.5 Å². The summed E-state index contributed by atoms with van der Waals surface area (Å²) in [5.74, 6) is 0. The fourth-order valence-electron chi connectivity index (χ4n) is 0. The molecule has 0 bridgehead atoms. The molecule has 0 saturated carbocycles. The van der Waals surface area contributed by atoms with Crippen molar-refractivity contribution in [3.05, 3.63) is 0 Å². The molecule has 0 radical (unpaired) electrons. The highest BCUT2D eigenvalue weighted by molar-refractivity contribution is 6.59. The molecule has 0 aromatic rings. The van der Waals surface area contributed by atoms with Gasteiger partial charge in [-0.15, -0.1) is 0 Å². The minimum absolute atomic E-state index is 0.778. The van der Waals surface area contributed by atoms with Crippen molar-refractivity contribution in [2.75, 3.05) is 0 Å². The fraction of sp³-hybridized carbons (Fsp3) is 0. The molecule has 0 aliphatic rings. The van der Waals surface area contributed by atoms with Crippen LogP contribution in [0.1, 0.15) is 0 Å². The number of halogens is 2. The molecule has 4 heavy (non-hydrogen) atoms. The van der Waals surface area contributed by atoms with Crippen LogP contribution in [0.25, 0.3) is 0 Å². The largest absolute Gasteiger partial charge is 0.496 e. The summed E-state index contributed by atoms with van der Waals surface area (Å²) in [5, 5.41) is 0. The van der Waals surface area contributed by atoms with Crippen molar-refractivity contribution in [2.45, 2.75) is 0 Å². The second-order valence-electron chi connectivity index (χ2n) is 0.238. The second kappa shape index (κ2) is 1.56. The number of carbonyl (C=O) groups is 1. The monoisotopic (exact) mass is 98.9 g/mol. The number of hydrogen-bond donors (Lipinski definition) is 0. The van der Waals surface area contributed by atoms with Crippen molar-refractivity contribution < 1.29 is 16.4 Å². The Balaban J connectivity index is 2.80. The van der Waals surface area contributed by atoms with E-state index in [-0.39, 0.29) is 0 Å². The van der Waals surface area contributed by atoms with Crippen LogP contribution in [0.4, 0.5) is 4.79 Å². The molecule has 1 nitrogen and oxygen atoms in total. The van der Waals surface area contributed by atoms with E-state index >= 15 is 0 Å². The molecule has 0 unspecified atom stereocenters. The molecule has 0 aliphatic carbocycles. The van der Waals surface area contributed by atoms with Crippen LogP contribution in [0.15, 0.2) is 0 Å². The van der Waals surface area contributed by atoms with Crippen LogP contribution < -0.4 is 0 Å². The lowest BCUT2D eigenvalue weighted by atomic mass is 11.8. The zero-order chi connectivity index (χ0) is 3.58. The Morgan fingerprint density at radius 3 is 2.00 bits per heavy atom. The highest BCUT2D eigenvalue weighted by atomic mass is 35.5. The SMILES string of the molecule is O=C(Cl)[ClH+]. The van der Waals surface area contributed by atoms with E-state index in [4.69, 9.17) is 4.79 Å². The third kappa shape index (κ3) is 56.3. The van der Waals surface area contributed by atoms with Gasteiger partial charge in [-0.05, 0) is 0 Å². The van der Waals surface area contributed by atoms with Crippen molar-refractivity contribution in [2.24, 2.45) is 0 Å².